The van der Waals surface area contributed by atoms with Gasteiger partial charge in [0.05, 0.1) is 10.5 Å². The minimum Gasteiger partial charge on any atom is -0.322 e. The lowest BCUT2D eigenvalue weighted by Gasteiger charge is -2.08. The standard InChI is InChI=1S/C14H13FN2O3S/c1-9-3-2-4-10(7-9)17-14(18)12-8-11(21(16,19)20)5-6-13(12)15/h2-8H,1H3,(H,17,18)(H2,16,19,20). The Kier molecular flexibility index (Phi) is 4.06. The Morgan fingerprint density at radius 1 is 1.19 bits per heavy atom. The fourth-order valence-corrected chi connectivity index (χ4v) is 2.32. The maximum atomic E-state index is 13.7. The Morgan fingerprint density at radius 3 is 2.52 bits per heavy atom. The molecule has 0 radical (unpaired) electrons. The lowest BCUT2D eigenvalue weighted by Crippen LogP contribution is -2.17. The minimum atomic E-state index is -4.00. The van der Waals surface area contributed by atoms with Crippen molar-refractivity contribution in [2.24, 2.45) is 5.14 Å². The number of halogens is 1. The molecule has 0 aromatic heterocycles. The number of carbonyl (C=O) groups is 1. The lowest BCUT2D eigenvalue weighted by molar-refractivity contribution is 0.102. The van der Waals surface area contributed by atoms with Gasteiger partial charge >= 0.3 is 0 Å². The summed E-state index contributed by atoms with van der Waals surface area (Å²) in [6, 6.07) is 9.75. The number of sulfonamides is 1. The second kappa shape index (κ2) is 5.63. The van der Waals surface area contributed by atoms with E-state index in [-0.39, 0.29) is 10.5 Å². The summed E-state index contributed by atoms with van der Waals surface area (Å²) >= 11 is 0. The van der Waals surface area contributed by atoms with Gasteiger partial charge < -0.3 is 5.32 Å². The van der Waals surface area contributed by atoms with Crippen LogP contribution in [0.25, 0.3) is 0 Å². The molecule has 0 unspecified atom stereocenters. The molecule has 0 aliphatic carbocycles. The maximum absolute atomic E-state index is 13.7. The zero-order valence-corrected chi connectivity index (χ0v) is 11.9. The molecule has 0 spiro atoms. The van der Waals surface area contributed by atoms with E-state index in [9.17, 15) is 17.6 Å². The van der Waals surface area contributed by atoms with Crippen molar-refractivity contribution in [1.82, 2.24) is 0 Å². The van der Waals surface area contributed by atoms with E-state index in [2.05, 4.69) is 5.32 Å². The Labute approximate surface area is 121 Å². The molecule has 0 fully saturated rings. The summed E-state index contributed by atoms with van der Waals surface area (Å²) in [6.45, 7) is 1.85. The molecule has 2 aromatic rings. The van der Waals surface area contributed by atoms with Crippen LogP contribution in [0.5, 0.6) is 0 Å². The Morgan fingerprint density at radius 2 is 1.90 bits per heavy atom. The highest BCUT2D eigenvalue weighted by Gasteiger charge is 2.17. The lowest BCUT2D eigenvalue weighted by atomic mass is 10.2. The molecule has 2 aromatic carbocycles. The van der Waals surface area contributed by atoms with Crippen LogP contribution in [0.3, 0.4) is 0 Å². The first-order valence-electron chi connectivity index (χ1n) is 5.98. The van der Waals surface area contributed by atoms with Crippen molar-refractivity contribution in [1.29, 1.82) is 0 Å². The monoisotopic (exact) mass is 308 g/mol. The van der Waals surface area contributed by atoms with E-state index in [1.807, 2.05) is 13.0 Å². The van der Waals surface area contributed by atoms with E-state index < -0.39 is 21.7 Å². The summed E-state index contributed by atoms with van der Waals surface area (Å²) in [5.41, 5.74) is 1.02. The third-order valence-corrected chi connectivity index (χ3v) is 3.70. The van der Waals surface area contributed by atoms with Crippen molar-refractivity contribution in [2.45, 2.75) is 11.8 Å². The van der Waals surface area contributed by atoms with Gasteiger partial charge in [0.1, 0.15) is 5.82 Å². The van der Waals surface area contributed by atoms with Crippen molar-refractivity contribution < 1.29 is 17.6 Å². The zero-order valence-electron chi connectivity index (χ0n) is 11.1. The Hall–Kier alpha value is -2.25. The van der Waals surface area contributed by atoms with E-state index in [1.165, 1.54) is 0 Å². The van der Waals surface area contributed by atoms with Crippen molar-refractivity contribution in [3.05, 3.63) is 59.4 Å². The van der Waals surface area contributed by atoms with Crippen LogP contribution < -0.4 is 10.5 Å². The molecular formula is C14H13FN2O3S. The van der Waals surface area contributed by atoms with E-state index in [1.54, 1.807) is 18.2 Å². The number of hydrogen-bond donors (Lipinski definition) is 2. The van der Waals surface area contributed by atoms with Crippen molar-refractivity contribution in [3.63, 3.8) is 0 Å². The summed E-state index contributed by atoms with van der Waals surface area (Å²) in [4.78, 5) is 11.7. The van der Waals surface area contributed by atoms with E-state index in [4.69, 9.17) is 5.14 Å². The third-order valence-electron chi connectivity index (χ3n) is 2.79. The third kappa shape index (κ3) is 3.65. The summed E-state index contributed by atoms with van der Waals surface area (Å²) < 4.78 is 36.2. The van der Waals surface area contributed by atoms with Crippen LogP contribution in [-0.4, -0.2) is 14.3 Å². The number of rotatable bonds is 3. The van der Waals surface area contributed by atoms with Gasteiger partial charge in [-0.15, -0.1) is 0 Å². The number of primary sulfonamides is 1. The molecule has 0 saturated carbocycles. The molecule has 0 saturated heterocycles. The SMILES string of the molecule is Cc1cccc(NC(=O)c2cc(S(N)(=O)=O)ccc2F)c1. The second-order valence-corrected chi connectivity index (χ2v) is 6.07. The van der Waals surface area contributed by atoms with Gasteiger partial charge in [0.25, 0.3) is 5.91 Å². The highest BCUT2D eigenvalue weighted by molar-refractivity contribution is 7.89. The molecule has 0 heterocycles. The van der Waals surface area contributed by atoms with Crippen LogP contribution in [0, 0.1) is 12.7 Å². The van der Waals surface area contributed by atoms with Crippen LogP contribution in [-0.2, 0) is 10.0 Å². The smallest absolute Gasteiger partial charge is 0.258 e. The van der Waals surface area contributed by atoms with Crippen LogP contribution in [0.15, 0.2) is 47.4 Å². The van der Waals surface area contributed by atoms with Gasteiger partial charge in [-0.3, -0.25) is 4.79 Å². The summed E-state index contributed by atoms with van der Waals surface area (Å²) in [5.74, 6) is -1.57. The highest BCUT2D eigenvalue weighted by atomic mass is 32.2. The van der Waals surface area contributed by atoms with Crippen molar-refractivity contribution >= 4 is 21.6 Å². The van der Waals surface area contributed by atoms with Gasteiger partial charge in [-0.25, -0.2) is 17.9 Å². The number of nitrogens with one attached hydrogen (secondary N) is 1. The first-order valence-corrected chi connectivity index (χ1v) is 7.52. The van der Waals surface area contributed by atoms with Gasteiger partial charge in [0.15, 0.2) is 0 Å². The number of hydrogen-bond acceptors (Lipinski definition) is 3. The van der Waals surface area contributed by atoms with Gasteiger partial charge in [0, 0.05) is 5.69 Å². The normalized spacial score (nSPS) is 11.2. The molecule has 21 heavy (non-hydrogen) atoms. The highest BCUT2D eigenvalue weighted by Crippen LogP contribution is 2.17. The fourth-order valence-electron chi connectivity index (χ4n) is 1.78. The molecule has 0 aliphatic rings. The van der Waals surface area contributed by atoms with E-state index in [0.717, 1.165) is 23.8 Å². The van der Waals surface area contributed by atoms with Crippen LogP contribution in [0.4, 0.5) is 10.1 Å². The molecule has 7 heteroatoms. The van der Waals surface area contributed by atoms with Crippen LogP contribution in [0.1, 0.15) is 15.9 Å². The van der Waals surface area contributed by atoms with E-state index >= 15 is 0 Å². The fraction of sp³-hybridized carbons (Fsp3) is 0.0714. The number of carbonyl (C=O) groups excluding carboxylic acids is 1. The zero-order chi connectivity index (χ0) is 15.6. The molecule has 0 atom stereocenters. The molecule has 5 nitrogen and oxygen atoms in total. The predicted molar refractivity (Wildman–Crippen MR) is 76.9 cm³/mol. The number of benzene rings is 2. The average molecular weight is 308 g/mol. The van der Waals surface area contributed by atoms with Gasteiger partial charge in [-0.05, 0) is 42.8 Å². The average Bonchev–Trinajstić information content (AvgIpc) is 2.37. The summed E-state index contributed by atoms with van der Waals surface area (Å²) in [7, 11) is -4.00. The van der Waals surface area contributed by atoms with Gasteiger partial charge in [0.2, 0.25) is 10.0 Å². The quantitative estimate of drug-likeness (QED) is 0.909. The number of nitrogens with two attached hydrogens (primary N) is 1. The molecule has 0 bridgehead atoms. The second-order valence-electron chi connectivity index (χ2n) is 4.51. The van der Waals surface area contributed by atoms with Crippen molar-refractivity contribution in [3.8, 4) is 0 Å². The van der Waals surface area contributed by atoms with E-state index in [0.29, 0.717) is 5.69 Å². The van der Waals surface area contributed by atoms with Crippen LogP contribution in [0.2, 0.25) is 0 Å². The molecule has 0 aliphatic heterocycles. The van der Waals surface area contributed by atoms with Crippen molar-refractivity contribution in [2.75, 3.05) is 5.32 Å². The van der Waals surface area contributed by atoms with Crippen LogP contribution >= 0.6 is 0 Å². The number of aryl methyl sites for hydroxylation is 1. The summed E-state index contributed by atoms with van der Waals surface area (Å²) in [6.07, 6.45) is 0. The minimum absolute atomic E-state index is 0.321. The van der Waals surface area contributed by atoms with Gasteiger partial charge in [-0.2, -0.15) is 0 Å². The largest absolute Gasteiger partial charge is 0.322 e. The first-order chi connectivity index (χ1) is 9.77. The number of amides is 1. The Balaban J connectivity index is 2.35. The predicted octanol–water partition coefficient (Wildman–Crippen LogP) is 2.03. The Bertz CT molecular complexity index is 804. The number of anilines is 1. The summed E-state index contributed by atoms with van der Waals surface area (Å²) in [5, 5.41) is 7.47. The molecular weight excluding hydrogens is 295 g/mol. The maximum Gasteiger partial charge on any atom is 0.258 e. The molecule has 1 amide bonds. The van der Waals surface area contributed by atoms with Gasteiger partial charge in [-0.1, -0.05) is 12.1 Å². The molecule has 2 rings (SSSR count). The molecule has 3 N–H and O–H groups in total. The first kappa shape index (κ1) is 15.1. The molecule has 110 valence electrons. The topological polar surface area (TPSA) is 89.3 Å².